The first kappa shape index (κ1) is 19.6. The van der Waals surface area contributed by atoms with Crippen LogP contribution < -0.4 is 10.5 Å². The van der Waals surface area contributed by atoms with Gasteiger partial charge >= 0.3 is 0 Å². The molecule has 0 spiro atoms. The number of rotatable bonds is 6. The van der Waals surface area contributed by atoms with Gasteiger partial charge < -0.3 is 10.5 Å². The van der Waals surface area contributed by atoms with Crippen molar-refractivity contribution in [1.29, 1.82) is 0 Å². The van der Waals surface area contributed by atoms with Gasteiger partial charge in [-0.15, -0.1) is 12.4 Å². The zero-order valence-electron chi connectivity index (χ0n) is 13.9. The first-order chi connectivity index (χ1) is 11.5. The largest absolute Gasteiger partial charge is 0.486 e. The fourth-order valence-electron chi connectivity index (χ4n) is 2.80. The van der Waals surface area contributed by atoms with Crippen LogP contribution in [0.25, 0.3) is 0 Å². The third kappa shape index (κ3) is 4.12. The number of nitrogens with zero attached hydrogens (tertiary/aromatic N) is 4. The van der Waals surface area contributed by atoms with Crippen LogP contribution in [0, 0.1) is 0 Å². The molecular weight excluding hydrogens is 366 g/mol. The van der Waals surface area contributed by atoms with E-state index in [1.165, 1.54) is 10.6 Å². The first-order valence-corrected chi connectivity index (χ1v) is 9.24. The Labute approximate surface area is 153 Å². The molecule has 0 aliphatic carbocycles. The molecular formula is C15H22ClN5O3S. The van der Waals surface area contributed by atoms with Gasteiger partial charge in [0.2, 0.25) is 10.0 Å². The van der Waals surface area contributed by atoms with Crippen LogP contribution in [-0.4, -0.2) is 46.6 Å². The number of hydrogen-bond acceptors (Lipinski definition) is 6. The van der Waals surface area contributed by atoms with Crippen LogP contribution in [0.4, 0.5) is 0 Å². The molecule has 10 heteroatoms. The quantitative estimate of drug-likeness (QED) is 0.790. The lowest BCUT2D eigenvalue weighted by molar-refractivity contribution is 0.289. The summed E-state index contributed by atoms with van der Waals surface area (Å²) in [6.07, 6.45) is 3.12. The van der Waals surface area contributed by atoms with Crippen LogP contribution in [0.1, 0.15) is 18.7 Å². The number of nitrogens with two attached hydrogens (primary N) is 1. The van der Waals surface area contributed by atoms with Crippen LogP contribution in [-0.2, 0) is 23.7 Å². The van der Waals surface area contributed by atoms with E-state index in [0.717, 1.165) is 12.8 Å². The van der Waals surface area contributed by atoms with E-state index >= 15 is 0 Å². The molecule has 8 nitrogen and oxygen atoms in total. The summed E-state index contributed by atoms with van der Waals surface area (Å²) in [5.74, 6) is 1.27. The lowest BCUT2D eigenvalue weighted by Gasteiger charge is -2.22. The van der Waals surface area contributed by atoms with E-state index in [2.05, 4.69) is 10.1 Å². The van der Waals surface area contributed by atoms with Crippen molar-refractivity contribution in [3.8, 4) is 5.75 Å². The summed E-state index contributed by atoms with van der Waals surface area (Å²) < 4.78 is 34.2. The molecule has 2 heterocycles. The summed E-state index contributed by atoms with van der Waals surface area (Å²) in [5.41, 5.74) is 5.68. The zero-order chi connectivity index (χ0) is 17.2. The van der Waals surface area contributed by atoms with Gasteiger partial charge in [-0.3, -0.25) is 4.68 Å². The summed E-state index contributed by atoms with van der Waals surface area (Å²) in [5, 5.41) is 3.97. The summed E-state index contributed by atoms with van der Waals surface area (Å²) in [4.78, 5) is 4.33. The molecule has 1 aliphatic rings. The van der Waals surface area contributed by atoms with E-state index in [4.69, 9.17) is 10.5 Å². The SMILES string of the molecule is Cl.Cn1ncnc1COc1ccc(S(=O)(=O)N2CCCC2CN)cc1. The Bertz CT molecular complexity index is 794. The van der Waals surface area contributed by atoms with Crippen LogP contribution in [0.5, 0.6) is 5.75 Å². The second-order valence-electron chi connectivity index (χ2n) is 5.71. The molecule has 2 N–H and O–H groups in total. The molecule has 1 aromatic heterocycles. The highest BCUT2D eigenvalue weighted by Gasteiger charge is 2.34. The van der Waals surface area contributed by atoms with Gasteiger partial charge in [0, 0.05) is 26.2 Å². The van der Waals surface area contributed by atoms with Crippen molar-refractivity contribution in [2.45, 2.75) is 30.4 Å². The van der Waals surface area contributed by atoms with Gasteiger partial charge in [0.05, 0.1) is 4.90 Å². The average Bonchev–Trinajstić information content (AvgIpc) is 3.22. The van der Waals surface area contributed by atoms with Gasteiger partial charge in [0.25, 0.3) is 0 Å². The van der Waals surface area contributed by atoms with Crippen LogP contribution in [0.15, 0.2) is 35.5 Å². The van der Waals surface area contributed by atoms with Crippen molar-refractivity contribution >= 4 is 22.4 Å². The van der Waals surface area contributed by atoms with Gasteiger partial charge in [-0.25, -0.2) is 13.4 Å². The van der Waals surface area contributed by atoms with Crippen molar-refractivity contribution in [1.82, 2.24) is 19.1 Å². The fraction of sp³-hybridized carbons (Fsp3) is 0.467. The molecule has 25 heavy (non-hydrogen) atoms. The molecule has 3 rings (SSSR count). The van der Waals surface area contributed by atoms with Crippen molar-refractivity contribution in [3.05, 3.63) is 36.4 Å². The maximum atomic E-state index is 12.7. The Morgan fingerprint density at radius 1 is 1.32 bits per heavy atom. The van der Waals surface area contributed by atoms with Gasteiger partial charge in [0.15, 0.2) is 5.82 Å². The van der Waals surface area contributed by atoms with Crippen LogP contribution in [0.3, 0.4) is 0 Å². The molecule has 1 saturated heterocycles. The van der Waals surface area contributed by atoms with E-state index < -0.39 is 10.0 Å². The summed E-state index contributed by atoms with van der Waals surface area (Å²) >= 11 is 0. The van der Waals surface area contributed by atoms with E-state index in [0.29, 0.717) is 24.7 Å². The normalized spacial score (nSPS) is 18.1. The highest BCUT2D eigenvalue weighted by atomic mass is 35.5. The van der Waals surface area contributed by atoms with Crippen molar-refractivity contribution in [2.24, 2.45) is 12.8 Å². The van der Waals surface area contributed by atoms with Crippen LogP contribution in [0.2, 0.25) is 0 Å². The minimum absolute atomic E-state index is 0. The Hall–Kier alpha value is -1.68. The lowest BCUT2D eigenvalue weighted by Crippen LogP contribution is -2.39. The predicted molar refractivity (Wildman–Crippen MR) is 95.0 cm³/mol. The second-order valence-corrected chi connectivity index (χ2v) is 7.60. The first-order valence-electron chi connectivity index (χ1n) is 7.80. The standard InChI is InChI=1S/C15H21N5O3S.ClH/c1-19-15(17-11-18-19)10-23-13-4-6-14(7-5-13)24(21,22)20-8-2-3-12(20)9-16;/h4-7,11-12H,2-3,8-10,16H2,1H3;1H. The number of aryl methyl sites for hydroxylation is 1. The van der Waals surface area contributed by atoms with E-state index in [-0.39, 0.29) is 30.0 Å². The van der Waals surface area contributed by atoms with Gasteiger partial charge in [-0.05, 0) is 37.1 Å². The molecule has 2 aromatic rings. The fourth-order valence-corrected chi connectivity index (χ4v) is 4.51. The zero-order valence-corrected chi connectivity index (χ0v) is 15.5. The highest BCUT2D eigenvalue weighted by Crippen LogP contribution is 2.26. The third-order valence-corrected chi connectivity index (χ3v) is 6.16. The van der Waals surface area contributed by atoms with E-state index in [9.17, 15) is 8.42 Å². The number of ether oxygens (including phenoxy) is 1. The predicted octanol–water partition coefficient (Wildman–Crippen LogP) is 0.928. The minimum Gasteiger partial charge on any atom is -0.486 e. The van der Waals surface area contributed by atoms with Crippen molar-refractivity contribution in [2.75, 3.05) is 13.1 Å². The Morgan fingerprint density at radius 2 is 2.04 bits per heavy atom. The smallest absolute Gasteiger partial charge is 0.243 e. The number of aromatic nitrogens is 3. The summed E-state index contributed by atoms with van der Waals surface area (Å²) in [7, 11) is -1.73. The van der Waals surface area contributed by atoms with E-state index in [1.54, 1.807) is 36.0 Å². The molecule has 0 amide bonds. The molecule has 1 atom stereocenters. The molecule has 0 saturated carbocycles. The number of benzene rings is 1. The molecule has 0 bridgehead atoms. The van der Waals surface area contributed by atoms with Gasteiger partial charge in [-0.2, -0.15) is 9.40 Å². The molecule has 138 valence electrons. The van der Waals surface area contributed by atoms with Crippen molar-refractivity contribution in [3.63, 3.8) is 0 Å². The van der Waals surface area contributed by atoms with Crippen LogP contribution >= 0.6 is 12.4 Å². The Kier molecular flexibility index (Phi) is 6.39. The molecule has 0 radical (unpaired) electrons. The molecule has 1 aromatic carbocycles. The monoisotopic (exact) mass is 387 g/mol. The average molecular weight is 388 g/mol. The minimum atomic E-state index is -3.51. The topological polar surface area (TPSA) is 103 Å². The summed E-state index contributed by atoms with van der Waals surface area (Å²) in [6, 6.07) is 6.32. The van der Waals surface area contributed by atoms with Crippen molar-refractivity contribution < 1.29 is 13.2 Å². The van der Waals surface area contributed by atoms with Gasteiger partial charge in [0.1, 0.15) is 18.7 Å². The second kappa shape index (κ2) is 8.13. The molecule has 1 fully saturated rings. The van der Waals surface area contributed by atoms with E-state index in [1.807, 2.05) is 0 Å². The molecule has 1 aliphatic heterocycles. The summed E-state index contributed by atoms with van der Waals surface area (Å²) in [6.45, 7) is 1.14. The molecule has 1 unspecified atom stereocenters. The van der Waals surface area contributed by atoms with Gasteiger partial charge in [-0.1, -0.05) is 0 Å². The lowest BCUT2D eigenvalue weighted by atomic mass is 10.2. The number of sulfonamides is 1. The third-order valence-electron chi connectivity index (χ3n) is 4.20. The maximum absolute atomic E-state index is 12.7. The highest BCUT2D eigenvalue weighted by molar-refractivity contribution is 7.89. The Morgan fingerprint density at radius 3 is 2.64 bits per heavy atom. The Balaban J connectivity index is 0.00000225. The number of hydrogen-bond donors (Lipinski definition) is 1. The number of halogens is 1. The maximum Gasteiger partial charge on any atom is 0.243 e.